The molecule has 2 unspecified atom stereocenters. The highest BCUT2D eigenvalue weighted by Gasteiger charge is 2.25. The third kappa shape index (κ3) is 10.4. The molecule has 6 aromatic rings. The molecular weight excluding hydrogens is 811 g/mol. The molecule has 0 bridgehead atoms. The highest BCUT2D eigenvalue weighted by atomic mass is 16.6. The highest BCUT2D eigenvalue weighted by molar-refractivity contribution is 5.96. The van der Waals surface area contributed by atoms with Gasteiger partial charge < -0.3 is 64.3 Å². The summed E-state index contributed by atoms with van der Waals surface area (Å²) < 4.78 is 22.1. The van der Waals surface area contributed by atoms with Crippen LogP contribution in [0, 0.1) is 10.1 Å². The summed E-state index contributed by atoms with van der Waals surface area (Å²) in [5.41, 5.74) is 19.1. The smallest absolute Gasteiger partial charge is 0.320 e. The summed E-state index contributed by atoms with van der Waals surface area (Å²) in [4.78, 5) is 39.9. The van der Waals surface area contributed by atoms with Gasteiger partial charge in [-0.05, 0) is 52.9 Å². The van der Waals surface area contributed by atoms with Crippen molar-refractivity contribution in [1.82, 2.24) is 13.7 Å². The van der Waals surface area contributed by atoms with E-state index in [-0.39, 0.29) is 12.1 Å². The molecule has 0 spiro atoms. The van der Waals surface area contributed by atoms with E-state index in [4.69, 9.17) is 35.9 Å². The quantitative estimate of drug-likeness (QED) is 0.114. The summed E-state index contributed by atoms with van der Waals surface area (Å²) in [6.45, 7) is 9.47. The van der Waals surface area contributed by atoms with Gasteiger partial charge in [0.25, 0.3) is 5.69 Å². The van der Waals surface area contributed by atoms with E-state index in [1.165, 1.54) is 22.3 Å². The fourth-order valence-electron chi connectivity index (χ4n) is 8.43. The molecular formula is C45H57N9O9. The number of anilines is 3. The molecule has 63 heavy (non-hydrogen) atoms. The number of non-ortho nitro benzene ring substituents is 1. The number of fused-ring (bicyclic) bond motifs is 3. The van der Waals surface area contributed by atoms with E-state index in [0.717, 1.165) is 74.8 Å². The lowest BCUT2D eigenvalue weighted by Crippen LogP contribution is -2.36. The molecule has 9 rings (SSSR count). The van der Waals surface area contributed by atoms with E-state index in [0.29, 0.717) is 49.2 Å². The van der Waals surface area contributed by atoms with Crippen LogP contribution >= 0.6 is 0 Å². The zero-order chi connectivity index (χ0) is 44.8. The predicted octanol–water partition coefficient (Wildman–Crippen LogP) is 3.86. The number of hydrogen-bond acceptors (Lipinski definition) is 12. The molecule has 336 valence electrons. The molecule has 18 heteroatoms. The second kappa shape index (κ2) is 19.9. The minimum atomic E-state index is -1.13. The summed E-state index contributed by atoms with van der Waals surface area (Å²) in [5.74, 6) is -2.11. The molecule has 18 nitrogen and oxygen atoms in total. The van der Waals surface area contributed by atoms with Crippen molar-refractivity contribution in [2.75, 3.05) is 93.6 Å². The van der Waals surface area contributed by atoms with Gasteiger partial charge in [0.15, 0.2) is 0 Å². The molecule has 3 aliphatic rings. The van der Waals surface area contributed by atoms with Crippen LogP contribution in [0.1, 0.15) is 11.1 Å². The number of carboxylic acid groups (broad SMARTS) is 2. The molecule has 3 aromatic heterocycles. The number of benzene rings is 3. The standard InChI is InChI=1S/C16H20N4O5.C16H21N3O3.C13H16N2O/c1-18-9-10(6-12(17)16(21)22)15-13(18)7-11(8-14(15)20(23)24)19-2-4-25-5-3-19;1-18-10-11(8-14(17)16(20)21)13-3-2-12(9-15(13)18)19-4-6-22-7-5-19;1-14-5-4-11-2-3-12(10-13(11)14)15-6-8-16-9-7-15/h7-9,12H,2-6,17H2,1H3,(H,21,22);2-3,9-10,14H,4-8,17H2,1H3,(H,20,21);2-5,10H,6-9H2,1H3. The number of nitro groups is 1. The van der Waals surface area contributed by atoms with Crippen LogP contribution in [0.25, 0.3) is 32.7 Å². The summed E-state index contributed by atoms with van der Waals surface area (Å²) in [6.07, 6.45) is 6.15. The number of aliphatic carboxylic acids is 2. The summed E-state index contributed by atoms with van der Waals surface area (Å²) in [7, 11) is 5.84. The van der Waals surface area contributed by atoms with Crippen molar-refractivity contribution in [3.63, 3.8) is 0 Å². The van der Waals surface area contributed by atoms with Crippen LogP contribution in [0.2, 0.25) is 0 Å². The largest absolute Gasteiger partial charge is 0.480 e. The summed E-state index contributed by atoms with van der Waals surface area (Å²) in [5, 5.41) is 32.5. The van der Waals surface area contributed by atoms with Crippen molar-refractivity contribution in [2.24, 2.45) is 32.6 Å². The Morgan fingerprint density at radius 1 is 0.635 bits per heavy atom. The number of nitro benzene ring substituents is 1. The van der Waals surface area contributed by atoms with Crippen LogP contribution in [-0.2, 0) is 57.8 Å². The van der Waals surface area contributed by atoms with Crippen molar-refractivity contribution in [2.45, 2.75) is 24.9 Å². The number of hydrogen-bond donors (Lipinski definition) is 4. The maximum absolute atomic E-state index is 11.6. The van der Waals surface area contributed by atoms with E-state index >= 15 is 0 Å². The first-order valence-electron chi connectivity index (χ1n) is 21.1. The maximum atomic E-state index is 11.6. The van der Waals surface area contributed by atoms with Gasteiger partial charge in [-0.3, -0.25) is 19.7 Å². The lowest BCUT2D eigenvalue weighted by atomic mass is 10.0. The Hall–Kier alpha value is -6.18. The first kappa shape index (κ1) is 44.9. The zero-order valence-corrected chi connectivity index (χ0v) is 36.0. The number of nitrogens with zero attached hydrogens (tertiary/aromatic N) is 7. The Morgan fingerprint density at radius 3 is 1.63 bits per heavy atom. The average Bonchev–Trinajstić information content (AvgIpc) is 3.94. The van der Waals surface area contributed by atoms with Gasteiger partial charge in [-0.25, -0.2) is 0 Å². The molecule has 6 heterocycles. The zero-order valence-electron chi connectivity index (χ0n) is 36.0. The molecule has 3 saturated heterocycles. The molecule has 0 saturated carbocycles. The van der Waals surface area contributed by atoms with E-state index < -0.39 is 28.9 Å². The lowest BCUT2D eigenvalue weighted by Gasteiger charge is -2.29. The van der Waals surface area contributed by atoms with Crippen molar-refractivity contribution < 1.29 is 38.9 Å². The van der Waals surface area contributed by atoms with Crippen molar-refractivity contribution in [1.29, 1.82) is 0 Å². The normalized spacial score (nSPS) is 16.6. The summed E-state index contributed by atoms with van der Waals surface area (Å²) >= 11 is 0. The number of aromatic nitrogens is 3. The van der Waals surface area contributed by atoms with E-state index in [9.17, 15) is 19.7 Å². The Kier molecular flexibility index (Phi) is 14.2. The maximum Gasteiger partial charge on any atom is 0.320 e. The van der Waals surface area contributed by atoms with Gasteiger partial charge >= 0.3 is 11.9 Å². The van der Waals surface area contributed by atoms with Crippen molar-refractivity contribution in [3.8, 4) is 0 Å². The molecule has 3 fully saturated rings. The third-order valence-electron chi connectivity index (χ3n) is 11.9. The minimum Gasteiger partial charge on any atom is -0.480 e. The van der Waals surface area contributed by atoms with Gasteiger partial charge in [0.05, 0.1) is 61.0 Å². The SMILES string of the molecule is Cn1cc(CC(N)C(=O)O)c2c([N+](=O)[O-])cc(N3CCOCC3)cc21.Cn1cc(CC(N)C(=O)O)c2ccc(N3CCOCC3)cc21.Cn1ccc2ccc(N3CCOCC3)cc21. The molecule has 0 amide bonds. The number of rotatable bonds is 10. The van der Waals surface area contributed by atoms with Crippen molar-refractivity contribution in [3.05, 3.63) is 94.4 Å². The van der Waals surface area contributed by atoms with Crippen LogP contribution in [0.3, 0.4) is 0 Å². The van der Waals surface area contributed by atoms with Crippen LogP contribution < -0.4 is 26.2 Å². The fraction of sp³-hybridized carbons (Fsp3) is 0.422. The monoisotopic (exact) mass is 867 g/mol. The number of carboxylic acids is 2. The Balaban J connectivity index is 0.000000145. The molecule has 6 N–H and O–H groups in total. The number of nitrogens with two attached hydrogens (primary N) is 2. The van der Waals surface area contributed by atoms with Gasteiger partial charge in [0, 0.05) is 126 Å². The molecule has 0 aliphatic carbocycles. The van der Waals surface area contributed by atoms with Gasteiger partial charge in [-0.2, -0.15) is 0 Å². The molecule has 3 aromatic carbocycles. The number of morpholine rings is 3. The number of carbonyl (C=O) groups is 2. The predicted molar refractivity (Wildman–Crippen MR) is 243 cm³/mol. The van der Waals surface area contributed by atoms with Crippen LogP contribution in [0.15, 0.2) is 73.2 Å². The highest BCUT2D eigenvalue weighted by Crippen LogP contribution is 2.36. The van der Waals surface area contributed by atoms with E-state index in [1.54, 1.807) is 23.9 Å². The van der Waals surface area contributed by atoms with Gasteiger partial charge in [-0.15, -0.1) is 0 Å². The Morgan fingerprint density at radius 2 is 1.10 bits per heavy atom. The molecule has 3 aliphatic heterocycles. The number of ether oxygens (including phenoxy) is 3. The summed E-state index contributed by atoms with van der Waals surface area (Å²) in [6, 6.07) is 16.6. The average molecular weight is 868 g/mol. The molecule has 0 radical (unpaired) electrons. The fourth-order valence-corrected chi connectivity index (χ4v) is 8.43. The van der Waals surface area contributed by atoms with Crippen LogP contribution in [0.5, 0.6) is 0 Å². The van der Waals surface area contributed by atoms with Crippen LogP contribution in [0.4, 0.5) is 22.7 Å². The van der Waals surface area contributed by atoms with E-state index in [2.05, 4.69) is 70.1 Å². The van der Waals surface area contributed by atoms with E-state index in [1.807, 2.05) is 28.8 Å². The first-order valence-corrected chi connectivity index (χ1v) is 21.1. The Labute approximate surface area is 364 Å². The minimum absolute atomic E-state index is 0.0322. The second-order valence-electron chi connectivity index (χ2n) is 16.1. The Bertz CT molecular complexity index is 2570. The van der Waals surface area contributed by atoms with Gasteiger partial charge in [-0.1, -0.05) is 12.1 Å². The first-order chi connectivity index (χ1) is 30.3. The number of aryl methyl sites for hydroxylation is 3. The topological polar surface area (TPSA) is 222 Å². The second-order valence-corrected chi connectivity index (χ2v) is 16.1. The van der Waals surface area contributed by atoms with Crippen molar-refractivity contribution >= 4 is 67.4 Å². The van der Waals surface area contributed by atoms with Gasteiger partial charge in [0.2, 0.25) is 0 Å². The van der Waals surface area contributed by atoms with Crippen LogP contribution in [-0.4, -0.2) is 132 Å². The lowest BCUT2D eigenvalue weighted by molar-refractivity contribution is -0.383. The molecule has 2 atom stereocenters. The van der Waals surface area contributed by atoms with Gasteiger partial charge in [0.1, 0.15) is 12.1 Å². The third-order valence-corrected chi connectivity index (χ3v) is 11.9.